The van der Waals surface area contributed by atoms with Gasteiger partial charge in [0, 0.05) is 19.1 Å². The molecule has 0 unspecified atom stereocenters. The van der Waals surface area contributed by atoms with Gasteiger partial charge < -0.3 is 5.32 Å². The van der Waals surface area contributed by atoms with E-state index in [9.17, 15) is 0 Å². The molecule has 0 amide bonds. The van der Waals surface area contributed by atoms with E-state index in [1.807, 2.05) is 0 Å². The Kier molecular flexibility index (Phi) is 5.24. The van der Waals surface area contributed by atoms with E-state index in [0.29, 0.717) is 0 Å². The van der Waals surface area contributed by atoms with Crippen LogP contribution in [0.1, 0.15) is 63.8 Å². The number of hydrogen-bond acceptors (Lipinski definition) is 2. The predicted molar refractivity (Wildman–Crippen MR) is 75.6 cm³/mol. The zero-order chi connectivity index (χ0) is 12.8. The van der Waals surface area contributed by atoms with Crippen molar-refractivity contribution in [2.45, 2.75) is 77.9 Å². The predicted octanol–water partition coefficient (Wildman–Crippen LogP) is 3.28. The quantitative estimate of drug-likeness (QED) is 0.812. The first-order valence-electron chi connectivity index (χ1n) is 7.62. The average molecular weight is 249 g/mol. The molecule has 0 aliphatic heterocycles. The molecular weight excluding hydrogens is 222 g/mol. The number of rotatable bonds is 5. The monoisotopic (exact) mass is 249 g/mol. The van der Waals surface area contributed by atoms with Crippen molar-refractivity contribution in [2.75, 3.05) is 0 Å². The molecule has 18 heavy (non-hydrogen) atoms. The third kappa shape index (κ3) is 3.58. The summed E-state index contributed by atoms with van der Waals surface area (Å²) < 4.78 is 2.14. The van der Waals surface area contributed by atoms with Crippen LogP contribution in [-0.2, 0) is 19.5 Å². The van der Waals surface area contributed by atoms with Crippen LogP contribution in [0.25, 0.3) is 0 Å². The Morgan fingerprint density at radius 2 is 1.94 bits per heavy atom. The first-order valence-corrected chi connectivity index (χ1v) is 7.62. The van der Waals surface area contributed by atoms with E-state index in [1.165, 1.54) is 49.9 Å². The molecule has 0 spiro atoms. The molecule has 102 valence electrons. The van der Waals surface area contributed by atoms with Crippen LogP contribution in [0.5, 0.6) is 0 Å². The highest BCUT2D eigenvalue weighted by atomic mass is 15.3. The van der Waals surface area contributed by atoms with Crippen molar-refractivity contribution >= 4 is 0 Å². The molecular formula is C15H27N3. The highest BCUT2D eigenvalue weighted by molar-refractivity contribution is 5.10. The smallest absolute Gasteiger partial charge is 0.0625 e. The van der Waals surface area contributed by atoms with Gasteiger partial charge >= 0.3 is 0 Å². The third-order valence-corrected chi connectivity index (χ3v) is 4.00. The second kappa shape index (κ2) is 6.93. The Morgan fingerprint density at radius 3 is 2.56 bits per heavy atom. The van der Waals surface area contributed by atoms with Crippen molar-refractivity contribution in [3.8, 4) is 0 Å². The number of aromatic nitrogens is 2. The van der Waals surface area contributed by atoms with Gasteiger partial charge in [0.25, 0.3) is 0 Å². The van der Waals surface area contributed by atoms with E-state index in [0.717, 1.165) is 25.6 Å². The van der Waals surface area contributed by atoms with E-state index in [2.05, 4.69) is 35.0 Å². The molecule has 0 aromatic carbocycles. The molecule has 1 aliphatic carbocycles. The Labute approximate surface area is 111 Å². The molecule has 0 atom stereocenters. The van der Waals surface area contributed by atoms with Crippen LogP contribution in [-0.4, -0.2) is 15.8 Å². The largest absolute Gasteiger partial charge is 0.308 e. The summed E-state index contributed by atoms with van der Waals surface area (Å²) in [5.74, 6) is 0. The summed E-state index contributed by atoms with van der Waals surface area (Å²) >= 11 is 0. The van der Waals surface area contributed by atoms with Gasteiger partial charge in [-0.2, -0.15) is 5.10 Å². The summed E-state index contributed by atoms with van der Waals surface area (Å²) in [5, 5.41) is 8.34. The molecule has 0 saturated heterocycles. The minimum atomic E-state index is 0.720. The Hall–Kier alpha value is -0.830. The maximum atomic E-state index is 4.61. The minimum Gasteiger partial charge on any atom is -0.308 e. The van der Waals surface area contributed by atoms with Crippen LogP contribution >= 0.6 is 0 Å². The van der Waals surface area contributed by atoms with Gasteiger partial charge in [-0.3, -0.25) is 4.68 Å². The van der Waals surface area contributed by atoms with Gasteiger partial charge in [-0.05, 0) is 32.3 Å². The van der Waals surface area contributed by atoms with Gasteiger partial charge in [-0.15, -0.1) is 0 Å². The lowest BCUT2D eigenvalue weighted by Gasteiger charge is -2.16. The molecule has 1 saturated carbocycles. The number of hydrogen-bond donors (Lipinski definition) is 1. The first kappa shape index (κ1) is 13.6. The van der Waals surface area contributed by atoms with Crippen molar-refractivity contribution < 1.29 is 0 Å². The van der Waals surface area contributed by atoms with Gasteiger partial charge in [0.05, 0.1) is 11.4 Å². The molecule has 3 nitrogen and oxygen atoms in total. The summed E-state index contributed by atoms with van der Waals surface area (Å²) in [4.78, 5) is 0. The molecule has 1 aromatic heterocycles. The second-order valence-corrected chi connectivity index (χ2v) is 5.37. The fourth-order valence-corrected chi connectivity index (χ4v) is 2.84. The summed E-state index contributed by atoms with van der Waals surface area (Å²) in [6.07, 6.45) is 9.36. The van der Waals surface area contributed by atoms with Gasteiger partial charge in [0.1, 0.15) is 0 Å². The zero-order valence-electron chi connectivity index (χ0n) is 11.9. The van der Waals surface area contributed by atoms with Crippen molar-refractivity contribution in [1.29, 1.82) is 0 Å². The summed E-state index contributed by atoms with van der Waals surface area (Å²) in [5.41, 5.74) is 2.56. The van der Waals surface area contributed by atoms with Gasteiger partial charge in [-0.1, -0.05) is 32.6 Å². The first-order chi connectivity index (χ1) is 8.83. The molecule has 1 N–H and O–H groups in total. The highest BCUT2D eigenvalue weighted by Gasteiger charge is 2.13. The van der Waals surface area contributed by atoms with Crippen LogP contribution in [0.2, 0.25) is 0 Å². The Balaban J connectivity index is 1.89. The van der Waals surface area contributed by atoms with Crippen molar-refractivity contribution in [3.05, 3.63) is 17.5 Å². The fourth-order valence-electron chi connectivity index (χ4n) is 2.84. The van der Waals surface area contributed by atoms with E-state index >= 15 is 0 Å². The summed E-state index contributed by atoms with van der Waals surface area (Å²) in [6.45, 7) is 6.29. The average Bonchev–Trinajstić information content (AvgIpc) is 2.62. The molecule has 3 heteroatoms. The van der Waals surface area contributed by atoms with Gasteiger partial charge in [-0.25, -0.2) is 0 Å². The molecule has 2 rings (SSSR count). The van der Waals surface area contributed by atoms with E-state index in [4.69, 9.17) is 0 Å². The van der Waals surface area contributed by atoms with Crippen molar-refractivity contribution in [2.24, 2.45) is 0 Å². The Morgan fingerprint density at radius 1 is 1.22 bits per heavy atom. The second-order valence-electron chi connectivity index (χ2n) is 5.37. The lowest BCUT2D eigenvalue weighted by Crippen LogP contribution is -2.28. The Bertz CT molecular complexity index is 349. The van der Waals surface area contributed by atoms with E-state index < -0.39 is 0 Å². The SMILES string of the molecule is CCc1cc(CNC2CCCCCC2)n(CC)n1. The number of aryl methyl sites for hydroxylation is 2. The maximum Gasteiger partial charge on any atom is 0.0625 e. The molecule has 1 fully saturated rings. The molecule has 1 aromatic rings. The van der Waals surface area contributed by atoms with Crippen LogP contribution in [0.15, 0.2) is 6.07 Å². The topological polar surface area (TPSA) is 29.9 Å². The lowest BCUT2D eigenvalue weighted by atomic mass is 10.1. The molecule has 1 aliphatic rings. The van der Waals surface area contributed by atoms with Crippen LogP contribution in [0.3, 0.4) is 0 Å². The molecule has 0 bridgehead atoms. The van der Waals surface area contributed by atoms with Crippen LogP contribution < -0.4 is 5.32 Å². The van der Waals surface area contributed by atoms with E-state index in [-0.39, 0.29) is 0 Å². The van der Waals surface area contributed by atoms with Crippen molar-refractivity contribution in [3.63, 3.8) is 0 Å². The van der Waals surface area contributed by atoms with Gasteiger partial charge in [0.2, 0.25) is 0 Å². The van der Waals surface area contributed by atoms with Crippen LogP contribution in [0, 0.1) is 0 Å². The third-order valence-electron chi connectivity index (χ3n) is 4.00. The van der Waals surface area contributed by atoms with Crippen molar-refractivity contribution in [1.82, 2.24) is 15.1 Å². The van der Waals surface area contributed by atoms with E-state index in [1.54, 1.807) is 0 Å². The highest BCUT2D eigenvalue weighted by Crippen LogP contribution is 2.17. The normalized spacial score (nSPS) is 17.9. The maximum absolute atomic E-state index is 4.61. The number of nitrogens with one attached hydrogen (secondary N) is 1. The minimum absolute atomic E-state index is 0.720. The number of nitrogens with zero attached hydrogens (tertiary/aromatic N) is 2. The zero-order valence-corrected chi connectivity index (χ0v) is 11.9. The summed E-state index contributed by atoms with van der Waals surface area (Å²) in [7, 11) is 0. The fraction of sp³-hybridized carbons (Fsp3) is 0.800. The lowest BCUT2D eigenvalue weighted by molar-refractivity contribution is 0.446. The molecule has 0 radical (unpaired) electrons. The summed E-state index contributed by atoms with van der Waals surface area (Å²) in [6, 6.07) is 2.98. The molecule has 1 heterocycles. The van der Waals surface area contributed by atoms with Crippen LogP contribution in [0.4, 0.5) is 0 Å². The standard InChI is InChI=1S/C15H27N3/c1-3-13-11-15(18(4-2)17-13)12-16-14-9-7-5-6-8-10-14/h11,14,16H,3-10,12H2,1-2H3. The van der Waals surface area contributed by atoms with Gasteiger partial charge in [0.15, 0.2) is 0 Å².